The monoisotopic (exact) mass is 482 g/mol. The van der Waals surface area contributed by atoms with Crippen molar-refractivity contribution in [1.29, 1.82) is 0 Å². The minimum atomic E-state index is -3.62. The summed E-state index contributed by atoms with van der Waals surface area (Å²) in [5.41, 5.74) is 13.1. The molecule has 12 heteroatoms. The molecule has 0 radical (unpaired) electrons. The smallest absolute Gasteiger partial charge is 0.262 e. The van der Waals surface area contributed by atoms with Gasteiger partial charge in [0.1, 0.15) is 11.4 Å². The van der Waals surface area contributed by atoms with Crippen LogP contribution in [0.1, 0.15) is 10.4 Å². The Labute approximate surface area is 194 Å². The van der Waals surface area contributed by atoms with Crippen molar-refractivity contribution in [3.63, 3.8) is 0 Å². The Bertz CT molecular complexity index is 1590. The number of H-pyrrole nitrogens is 2. The molecule has 0 aliphatic heterocycles. The lowest BCUT2D eigenvalue weighted by Crippen LogP contribution is -2.22. The minimum Gasteiger partial charge on any atom is -0.496 e. The zero-order valence-electron chi connectivity index (χ0n) is 18.5. The third kappa shape index (κ3) is 3.78. The van der Waals surface area contributed by atoms with Gasteiger partial charge in [-0.05, 0) is 35.9 Å². The van der Waals surface area contributed by atoms with Gasteiger partial charge in [-0.2, -0.15) is 4.98 Å². The summed E-state index contributed by atoms with van der Waals surface area (Å²) in [6, 6.07) is 10.8. The molecule has 0 saturated carbocycles. The number of carbonyl (C=O) groups excluding carboxylic acids is 1. The zero-order chi connectivity index (χ0) is 24.8. The van der Waals surface area contributed by atoms with Gasteiger partial charge < -0.3 is 21.2 Å². The highest BCUT2D eigenvalue weighted by molar-refractivity contribution is 7.89. The fourth-order valence-electron chi connectivity index (χ4n) is 3.66. The number of carbonyl (C=O) groups is 1. The molecule has 2 aromatic heterocycles. The molecular formula is C22H22N6O5S. The Morgan fingerprint density at radius 1 is 1.09 bits per heavy atom. The molecule has 4 rings (SSSR count). The van der Waals surface area contributed by atoms with Gasteiger partial charge in [-0.3, -0.25) is 14.6 Å². The largest absolute Gasteiger partial charge is 0.496 e. The van der Waals surface area contributed by atoms with Gasteiger partial charge in [0.2, 0.25) is 21.9 Å². The highest BCUT2D eigenvalue weighted by Crippen LogP contribution is 2.41. The van der Waals surface area contributed by atoms with Crippen LogP contribution in [0.5, 0.6) is 5.75 Å². The van der Waals surface area contributed by atoms with Crippen LogP contribution in [0.15, 0.2) is 52.2 Å². The number of amides is 1. The van der Waals surface area contributed by atoms with Crippen molar-refractivity contribution < 1.29 is 17.9 Å². The van der Waals surface area contributed by atoms with Crippen LogP contribution in [0.3, 0.4) is 0 Å². The molecule has 176 valence electrons. The van der Waals surface area contributed by atoms with Gasteiger partial charge in [0.15, 0.2) is 0 Å². The van der Waals surface area contributed by atoms with Crippen LogP contribution in [0.25, 0.3) is 33.4 Å². The first-order valence-electron chi connectivity index (χ1n) is 9.97. The number of nitrogens with one attached hydrogen (secondary N) is 2. The fraction of sp³-hybridized carbons (Fsp3) is 0.136. The van der Waals surface area contributed by atoms with Crippen molar-refractivity contribution in [3.8, 4) is 28.1 Å². The topological polar surface area (TPSA) is 177 Å². The Kier molecular flexibility index (Phi) is 5.63. The van der Waals surface area contributed by atoms with Crippen molar-refractivity contribution >= 4 is 32.9 Å². The van der Waals surface area contributed by atoms with Crippen LogP contribution in [0.2, 0.25) is 0 Å². The Morgan fingerprint density at radius 3 is 2.35 bits per heavy atom. The second kappa shape index (κ2) is 8.32. The lowest BCUT2D eigenvalue weighted by molar-refractivity contribution is 0.1000. The Balaban J connectivity index is 2.02. The number of benzene rings is 2. The van der Waals surface area contributed by atoms with E-state index in [1.165, 1.54) is 45.5 Å². The molecule has 0 bridgehead atoms. The summed E-state index contributed by atoms with van der Waals surface area (Å²) in [6.07, 6.45) is 0. The maximum absolute atomic E-state index is 12.9. The van der Waals surface area contributed by atoms with Gasteiger partial charge in [-0.1, -0.05) is 12.1 Å². The maximum atomic E-state index is 12.9. The average Bonchev–Trinajstić information content (AvgIpc) is 3.17. The first-order chi connectivity index (χ1) is 16.0. The first-order valence-corrected chi connectivity index (χ1v) is 11.4. The normalized spacial score (nSPS) is 11.8. The molecule has 0 aliphatic rings. The SMILES string of the molecule is COc1cc(C(N)=O)ccc1-c1c(-c2ccc(S(=O)(=O)N(C)C)cc2)[nH]c2nc(N)[nH]c(=O)c12. The van der Waals surface area contributed by atoms with Crippen molar-refractivity contribution in [2.75, 3.05) is 26.9 Å². The molecule has 2 heterocycles. The lowest BCUT2D eigenvalue weighted by Gasteiger charge is -2.13. The van der Waals surface area contributed by atoms with Crippen molar-refractivity contribution in [1.82, 2.24) is 19.3 Å². The molecule has 0 spiro atoms. The average molecular weight is 483 g/mol. The van der Waals surface area contributed by atoms with Crippen LogP contribution < -0.4 is 21.8 Å². The van der Waals surface area contributed by atoms with E-state index in [0.29, 0.717) is 28.1 Å². The number of aromatic amines is 2. The number of nitrogens with two attached hydrogens (primary N) is 2. The number of anilines is 1. The maximum Gasteiger partial charge on any atom is 0.262 e. The van der Waals surface area contributed by atoms with Crippen LogP contribution >= 0.6 is 0 Å². The van der Waals surface area contributed by atoms with Crippen LogP contribution in [-0.2, 0) is 10.0 Å². The van der Waals surface area contributed by atoms with Gasteiger partial charge >= 0.3 is 0 Å². The highest BCUT2D eigenvalue weighted by Gasteiger charge is 2.23. The summed E-state index contributed by atoms with van der Waals surface area (Å²) in [4.78, 5) is 34.4. The predicted molar refractivity (Wildman–Crippen MR) is 128 cm³/mol. The summed E-state index contributed by atoms with van der Waals surface area (Å²) in [5.74, 6) is -0.393. The Morgan fingerprint density at radius 2 is 1.76 bits per heavy atom. The summed E-state index contributed by atoms with van der Waals surface area (Å²) in [7, 11) is 0.703. The van der Waals surface area contributed by atoms with Crippen molar-refractivity contribution in [2.24, 2.45) is 5.73 Å². The third-order valence-electron chi connectivity index (χ3n) is 5.36. The van der Waals surface area contributed by atoms with Crippen LogP contribution in [0, 0.1) is 0 Å². The second-order valence-electron chi connectivity index (χ2n) is 7.64. The standard InChI is InChI=1S/C22H22N6O5S/c1-28(2)34(31,32)13-7-4-11(5-8-13)18-16(17-20(25-18)26-22(24)27-21(17)30)14-9-6-12(19(23)29)10-15(14)33-3/h4-10H,1-3H3,(H2,23,29)(H4,24,25,26,27,30). The number of hydrogen-bond acceptors (Lipinski definition) is 7. The molecule has 0 unspecified atom stereocenters. The number of fused-ring (bicyclic) bond motifs is 1. The lowest BCUT2D eigenvalue weighted by atomic mass is 9.97. The van der Waals surface area contributed by atoms with Crippen LogP contribution in [-0.4, -0.2) is 54.8 Å². The first kappa shape index (κ1) is 23.0. The molecule has 0 saturated heterocycles. The number of sulfonamides is 1. The zero-order valence-corrected chi connectivity index (χ0v) is 19.4. The summed E-state index contributed by atoms with van der Waals surface area (Å²) >= 11 is 0. The molecule has 34 heavy (non-hydrogen) atoms. The van der Waals surface area contributed by atoms with Crippen LogP contribution in [0.4, 0.5) is 5.95 Å². The molecule has 11 nitrogen and oxygen atoms in total. The fourth-order valence-corrected chi connectivity index (χ4v) is 4.56. The summed E-state index contributed by atoms with van der Waals surface area (Å²) < 4.78 is 31.5. The van der Waals surface area contributed by atoms with Gasteiger partial charge in [-0.25, -0.2) is 12.7 Å². The number of methoxy groups -OCH3 is 1. The second-order valence-corrected chi connectivity index (χ2v) is 9.79. The number of hydrogen-bond donors (Lipinski definition) is 4. The van der Waals surface area contributed by atoms with E-state index in [-0.39, 0.29) is 27.4 Å². The van der Waals surface area contributed by atoms with E-state index in [1.54, 1.807) is 18.2 Å². The highest BCUT2D eigenvalue weighted by atomic mass is 32.2. The van der Waals surface area contributed by atoms with E-state index in [2.05, 4.69) is 15.0 Å². The number of aromatic nitrogens is 3. The molecule has 2 aromatic carbocycles. The molecule has 0 fully saturated rings. The number of primary amides is 1. The summed E-state index contributed by atoms with van der Waals surface area (Å²) in [6.45, 7) is 0. The molecule has 0 atom stereocenters. The van der Waals surface area contributed by atoms with E-state index < -0.39 is 21.5 Å². The van der Waals surface area contributed by atoms with Gasteiger partial charge in [-0.15, -0.1) is 0 Å². The minimum absolute atomic E-state index is 0.0692. The van der Waals surface area contributed by atoms with Crippen molar-refractivity contribution in [3.05, 3.63) is 58.4 Å². The van der Waals surface area contributed by atoms with E-state index >= 15 is 0 Å². The van der Waals surface area contributed by atoms with E-state index in [1.807, 2.05) is 0 Å². The van der Waals surface area contributed by atoms with Gasteiger partial charge in [0, 0.05) is 30.8 Å². The number of rotatable bonds is 6. The molecule has 1 amide bonds. The summed E-state index contributed by atoms with van der Waals surface area (Å²) in [5, 5.41) is 0.222. The third-order valence-corrected chi connectivity index (χ3v) is 7.19. The number of ether oxygens (including phenoxy) is 1. The van der Waals surface area contributed by atoms with Gasteiger partial charge in [0.25, 0.3) is 5.56 Å². The van der Waals surface area contributed by atoms with Crippen molar-refractivity contribution in [2.45, 2.75) is 4.90 Å². The van der Waals surface area contributed by atoms with Gasteiger partial charge in [0.05, 0.1) is 23.1 Å². The molecule has 6 N–H and O–H groups in total. The van der Waals surface area contributed by atoms with E-state index in [4.69, 9.17) is 16.2 Å². The Hall–Kier alpha value is -4.16. The van der Waals surface area contributed by atoms with E-state index in [0.717, 1.165) is 4.31 Å². The number of nitrogen functional groups attached to an aromatic ring is 1. The predicted octanol–water partition coefficient (Wildman–Crippen LogP) is 1.53. The number of nitrogens with zero attached hydrogens (tertiary/aromatic N) is 2. The molecular weight excluding hydrogens is 460 g/mol. The molecule has 4 aromatic rings. The molecule has 0 aliphatic carbocycles. The van der Waals surface area contributed by atoms with E-state index in [9.17, 15) is 18.0 Å². The quantitative estimate of drug-likeness (QED) is 0.322.